The summed E-state index contributed by atoms with van der Waals surface area (Å²) in [5.41, 5.74) is 8.48. The molecule has 0 atom stereocenters. The second-order valence-corrected chi connectivity index (χ2v) is 4.65. The van der Waals surface area contributed by atoms with Crippen molar-refractivity contribution in [2.24, 2.45) is 4.99 Å². The van der Waals surface area contributed by atoms with E-state index in [1.165, 1.54) is 0 Å². The minimum atomic E-state index is 0.0621. The number of aryl methyl sites for hydroxylation is 1. The van der Waals surface area contributed by atoms with Gasteiger partial charge in [0.05, 0.1) is 11.3 Å². The number of nitrogens with two attached hydrogens (primary N) is 1. The van der Waals surface area contributed by atoms with Gasteiger partial charge in [0.1, 0.15) is 5.76 Å². The Labute approximate surface area is 114 Å². The van der Waals surface area contributed by atoms with E-state index in [1.807, 2.05) is 6.07 Å². The first-order chi connectivity index (χ1) is 9.54. The molecule has 0 amide bonds. The minimum absolute atomic E-state index is 0.0621. The highest BCUT2D eigenvalue weighted by atomic mass is 16.5. The number of aromatic amines is 1. The second-order valence-electron chi connectivity index (χ2n) is 4.65. The summed E-state index contributed by atoms with van der Waals surface area (Å²) in [6.07, 6.45) is 0. The Morgan fingerprint density at radius 2 is 2.20 bits per heavy atom. The van der Waals surface area contributed by atoms with E-state index >= 15 is 0 Å². The van der Waals surface area contributed by atoms with Gasteiger partial charge < -0.3 is 20.3 Å². The van der Waals surface area contributed by atoms with Crippen molar-refractivity contribution in [2.45, 2.75) is 13.8 Å². The van der Waals surface area contributed by atoms with Crippen LogP contribution in [0.15, 0.2) is 33.8 Å². The van der Waals surface area contributed by atoms with Crippen LogP contribution in [0.1, 0.15) is 18.2 Å². The molecule has 1 aromatic carbocycles. The molecule has 102 valence electrons. The third-order valence-corrected chi connectivity index (χ3v) is 3.06. The van der Waals surface area contributed by atoms with Crippen LogP contribution in [0.25, 0.3) is 10.9 Å². The Bertz CT molecular complexity index is 814. The number of anilines is 1. The van der Waals surface area contributed by atoms with Gasteiger partial charge in [-0.1, -0.05) is 5.16 Å². The van der Waals surface area contributed by atoms with Gasteiger partial charge in [-0.05, 0) is 32.0 Å². The van der Waals surface area contributed by atoms with E-state index in [0.29, 0.717) is 28.5 Å². The molecule has 0 fully saturated rings. The summed E-state index contributed by atoms with van der Waals surface area (Å²) < 4.78 is 4.97. The summed E-state index contributed by atoms with van der Waals surface area (Å²) in [5.74, 6) is 1.22. The lowest BCUT2D eigenvalue weighted by Crippen LogP contribution is -1.94. The fourth-order valence-corrected chi connectivity index (χ4v) is 2.20. The molecule has 4 N–H and O–H groups in total. The molecular formula is C14H14N4O2. The molecule has 2 heterocycles. The van der Waals surface area contributed by atoms with Crippen molar-refractivity contribution >= 4 is 28.1 Å². The second kappa shape index (κ2) is 4.41. The maximum Gasteiger partial charge on any atom is 0.198 e. The van der Waals surface area contributed by atoms with Gasteiger partial charge in [-0.25, -0.2) is 4.99 Å². The maximum atomic E-state index is 10.1. The zero-order chi connectivity index (χ0) is 14.3. The van der Waals surface area contributed by atoms with Gasteiger partial charge in [0, 0.05) is 22.7 Å². The highest BCUT2D eigenvalue weighted by Crippen LogP contribution is 2.30. The number of H-pyrrole nitrogens is 1. The predicted octanol–water partition coefficient (Wildman–Crippen LogP) is 2.89. The summed E-state index contributed by atoms with van der Waals surface area (Å²) in [6.45, 7) is 3.60. The topological polar surface area (TPSA) is 100 Å². The molecule has 0 saturated heterocycles. The first kappa shape index (κ1) is 12.3. The van der Waals surface area contributed by atoms with Crippen molar-refractivity contribution < 1.29 is 9.63 Å². The summed E-state index contributed by atoms with van der Waals surface area (Å²) in [4.78, 5) is 7.26. The molecule has 3 aromatic rings. The Hall–Kier alpha value is -2.76. The van der Waals surface area contributed by atoms with Crippen molar-refractivity contribution in [1.82, 2.24) is 10.1 Å². The molecular weight excluding hydrogens is 256 g/mol. The first-order valence-electron chi connectivity index (χ1n) is 6.14. The number of nitrogens with zero attached hydrogens (tertiary/aromatic N) is 2. The molecule has 0 unspecified atom stereocenters. The predicted molar refractivity (Wildman–Crippen MR) is 77.5 cm³/mol. The van der Waals surface area contributed by atoms with Crippen LogP contribution in [-0.4, -0.2) is 21.0 Å². The quantitative estimate of drug-likeness (QED) is 0.492. The van der Waals surface area contributed by atoms with Crippen LogP contribution >= 0.6 is 0 Å². The smallest absolute Gasteiger partial charge is 0.198 e. The number of fused-ring (bicyclic) bond motifs is 1. The number of aliphatic imine (C=N–C) groups is 1. The van der Waals surface area contributed by atoms with E-state index in [-0.39, 0.29) is 5.88 Å². The number of hydrogen-bond donors (Lipinski definition) is 3. The molecule has 0 aliphatic carbocycles. The number of nitrogens with one attached hydrogen (secondary N) is 1. The van der Waals surface area contributed by atoms with Gasteiger partial charge in [-0.2, -0.15) is 0 Å². The summed E-state index contributed by atoms with van der Waals surface area (Å²) in [6, 6.07) is 7.12. The van der Waals surface area contributed by atoms with Crippen LogP contribution in [-0.2, 0) is 0 Å². The Kier molecular flexibility index (Phi) is 2.71. The van der Waals surface area contributed by atoms with Crippen molar-refractivity contribution in [3.8, 4) is 5.88 Å². The third kappa shape index (κ3) is 2.01. The Morgan fingerprint density at radius 1 is 1.40 bits per heavy atom. The number of rotatable bonds is 2. The zero-order valence-corrected chi connectivity index (χ0v) is 11.1. The largest absolute Gasteiger partial charge is 0.494 e. The molecule has 0 saturated carbocycles. The van der Waals surface area contributed by atoms with Crippen molar-refractivity contribution in [3.63, 3.8) is 0 Å². The molecule has 0 radical (unpaired) electrons. The lowest BCUT2D eigenvalue weighted by atomic mass is 10.1. The van der Waals surface area contributed by atoms with Crippen LogP contribution in [0, 0.1) is 6.92 Å². The SMILES string of the molecule is CC(=Nc1cc(C)on1)c1c(O)[nH]c2ccc(N)cc12. The monoisotopic (exact) mass is 270 g/mol. The van der Waals surface area contributed by atoms with Crippen LogP contribution in [0.5, 0.6) is 5.88 Å². The van der Waals surface area contributed by atoms with E-state index in [9.17, 15) is 5.11 Å². The summed E-state index contributed by atoms with van der Waals surface area (Å²) >= 11 is 0. The third-order valence-electron chi connectivity index (χ3n) is 3.06. The van der Waals surface area contributed by atoms with Crippen molar-refractivity contribution in [1.29, 1.82) is 0 Å². The standard InChI is InChI=1S/C14H14N4O2/c1-7-5-12(18-20-7)16-8(2)13-10-6-9(15)3-4-11(10)17-14(13)19/h3-6,17,19H,15H2,1-2H3. The molecule has 0 spiro atoms. The average molecular weight is 270 g/mol. The number of benzene rings is 1. The van der Waals surface area contributed by atoms with Gasteiger partial charge in [0.15, 0.2) is 11.7 Å². The lowest BCUT2D eigenvalue weighted by Gasteiger charge is -1.99. The number of hydrogen-bond acceptors (Lipinski definition) is 5. The molecule has 0 aliphatic rings. The van der Waals surface area contributed by atoms with E-state index < -0.39 is 0 Å². The fourth-order valence-electron chi connectivity index (χ4n) is 2.20. The molecule has 6 nitrogen and oxygen atoms in total. The van der Waals surface area contributed by atoms with Gasteiger partial charge in [0.2, 0.25) is 0 Å². The van der Waals surface area contributed by atoms with Crippen LogP contribution in [0.3, 0.4) is 0 Å². The first-order valence-corrected chi connectivity index (χ1v) is 6.14. The zero-order valence-electron chi connectivity index (χ0n) is 11.1. The van der Waals surface area contributed by atoms with Gasteiger partial charge in [0.25, 0.3) is 0 Å². The highest BCUT2D eigenvalue weighted by molar-refractivity contribution is 6.13. The molecule has 3 rings (SSSR count). The average Bonchev–Trinajstić information content (AvgIpc) is 2.91. The maximum absolute atomic E-state index is 10.1. The van der Waals surface area contributed by atoms with Gasteiger partial charge >= 0.3 is 0 Å². The van der Waals surface area contributed by atoms with E-state index in [1.54, 1.807) is 32.0 Å². The highest BCUT2D eigenvalue weighted by Gasteiger charge is 2.14. The summed E-state index contributed by atoms with van der Waals surface area (Å²) in [5, 5.41) is 14.7. The molecule has 6 heteroatoms. The van der Waals surface area contributed by atoms with E-state index in [0.717, 1.165) is 10.9 Å². The normalized spacial score (nSPS) is 12.2. The van der Waals surface area contributed by atoms with Crippen molar-refractivity contribution in [3.05, 3.63) is 35.6 Å². The number of aromatic nitrogens is 2. The van der Waals surface area contributed by atoms with Gasteiger partial charge in [-0.15, -0.1) is 0 Å². The molecule has 0 bridgehead atoms. The lowest BCUT2D eigenvalue weighted by molar-refractivity contribution is 0.399. The van der Waals surface area contributed by atoms with E-state index in [2.05, 4.69) is 15.1 Å². The van der Waals surface area contributed by atoms with Crippen molar-refractivity contribution in [2.75, 3.05) is 5.73 Å². The van der Waals surface area contributed by atoms with E-state index in [4.69, 9.17) is 10.3 Å². The Balaban J connectivity index is 2.15. The molecule has 0 aliphatic heterocycles. The number of aromatic hydroxyl groups is 1. The van der Waals surface area contributed by atoms with Crippen LogP contribution in [0.2, 0.25) is 0 Å². The number of nitrogen functional groups attached to an aromatic ring is 1. The van der Waals surface area contributed by atoms with Gasteiger partial charge in [-0.3, -0.25) is 0 Å². The molecule has 20 heavy (non-hydrogen) atoms. The minimum Gasteiger partial charge on any atom is -0.494 e. The molecule has 2 aromatic heterocycles. The van der Waals surface area contributed by atoms with Crippen LogP contribution in [0.4, 0.5) is 11.5 Å². The fraction of sp³-hybridized carbons (Fsp3) is 0.143. The Morgan fingerprint density at radius 3 is 2.90 bits per heavy atom. The van der Waals surface area contributed by atoms with Crippen LogP contribution < -0.4 is 5.73 Å². The summed E-state index contributed by atoms with van der Waals surface area (Å²) in [7, 11) is 0.